The molecule has 0 aliphatic rings. The molecule has 1 heterocycles. The number of nitrogens with zero attached hydrogens (tertiary/aromatic N) is 2. The third-order valence-electron chi connectivity index (χ3n) is 4.69. The van der Waals surface area contributed by atoms with Crippen LogP contribution < -0.4 is 21.9 Å². The Kier molecular flexibility index (Phi) is 7.53. The molecule has 9 heteroatoms. The summed E-state index contributed by atoms with van der Waals surface area (Å²) in [5.41, 5.74) is 5.70. The number of hydrogen-bond donors (Lipinski definition) is 2. The highest BCUT2D eigenvalue weighted by Crippen LogP contribution is 2.23. The van der Waals surface area contributed by atoms with E-state index in [1.165, 1.54) is 33.4 Å². The van der Waals surface area contributed by atoms with Gasteiger partial charge in [0.2, 0.25) is 5.91 Å². The van der Waals surface area contributed by atoms with Gasteiger partial charge in [0.25, 0.3) is 5.56 Å². The van der Waals surface area contributed by atoms with Gasteiger partial charge in [0, 0.05) is 11.4 Å². The molecule has 0 unspecified atom stereocenters. The monoisotopic (exact) mass is 456 g/mol. The van der Waals surface area contributed by atoms with Crippen molar-refractivity contribution in [2.75, 3.05) is 22.9 Å². The van der Waals surface area contributed by atoms with Gasteiger partial charge in [-0.05, 0) is 35.7 Å². The van der Waals surface area contributed by atoms with Gasteiger partial charge in [-0.25, -0.2) is 9.18 Å². The summed E-state index contributed by atoms with van der Waals surface area (Å²) in [6.07, 6.45) is 0. The lowest BCUT2D eigenvalue weighted by molar-refractivity contribution is -0.116. The van der Waals surface area contributed by atoms with E-state index in [1.54, 1.807) is 12.1 Å². The van der Waals surface area contributed by atoms with Crippen LogP contribution in [0.3, 0.4) is 0 Å². The number of H-pyrrole nitrogens is 1. The van der Waals surface area contributed by atoms with Gasteiger partial charge in [-0.15, -0.1) is 11.8 Å². The van der Waals surface area contributed by atoms with Gasteiger partial charge in [-0.1, -0.05) is 44.2 Å². The van der Waals surface area contributed by atoms with E-state index in [2.05, 4.69) is 4.98 Å². The summed E-state index contributed by atoms with van der Waals surface area (Å²) >= 11 is 1.23. The predicted octanol–water partition coefficient (Wildman–Crippen LogP) is 3.09. The number of nitrogen functional groups attached to an aromatic ring is 1. The summed E-state index contributed by atoms with van der Waals surface area (Å²) in [6.45, 7) is 4.23. The third-order valence-corrected chi connectivity index (χ3v) is 5.69. The Bertz CT molecular complexity index is 1190. The van der Waals surface area contributed by atoms with Crippen molar-refractivity contribution in [1.29, 1.82) is 0 Å². The van der Waals surface area contributed by atoms with Crippen LogP contribution in [0.4, 0.5) is 15.9 Å². The molecular formula is C23H25FN4O3S. The smallest absolute Gasteiger partial charge is 0.330 e. The highest BCUT2D eigenvalue weighted by Gasteiger charge is 2.25. The number of benzene rings is 2. The number of carbonyl (C=O) groups excluding carboxylic acids is 1. The van der Waals surface area contributed by atoms with Crippen molar-refractivity contribution in [1.82, 2.24) is 9.55 Å². The number of nitrogens with one attached hydrogen (secondary N) is 1. The molecular weight excluding hydrogens is 431 g/mol. The molecule has 3 aromatic rings. The van der Waals surface area contributed by atoms with Crippen molar-refractivity contribution in [2.45, 2.75) is 25.3 Å². The van der Waals surface area contributed by atoms with Crippen LogP contribution in [0.1, 0.15) is 19.4 Å². The Morgan fingerprint density at radius 1 is 1.12 bits per heavy atom. The molecule has 2 aromatic carbocycles. The lowest BCUT2D eigenvalue weighted by Crippen LogP contribution is -2.43. The summed E-state index contributed by atoms with van der Waals surface area (Å²) in [5, 5.41) is 0. The topological polar surface area (TPSA) is 101 Å². The second-order valence-corrected chi connectivity index (χ2v) is 8.75. The van der Waals surface area contributed by atoms with E-state index in [0.29, 0.717) is 0 Å². The van der Waals surface area contributed by atoms with E-state index >= 15 is 0 Å². The quantitative estimate of drug-likeness (QED) is 0.507. The van der Waals surface area contributed by atoms with Crippen LogP contribution in [0.2, 0.25) is 0 Å². The second-order valence-electron chi connectivity index (χ2n) is 7.71. The van der Waals surface area contributed by atoms with Crippen LogP contribution in [-0.2, 0) is 11.3 Å². The maximum Gasteiger partial charge on any atom is 0.330 e. The lowest BCUT2D eigenvalue weighted by Gasteiger charge is -2.26. The number of aromatic amines is 1. The molecule has 7 nitrogen and oxygen atoms in total. The largest absolute Gasteiger partial charge is 0.383 e. The summed E-state index contributed by atoms with van der Waals surface area (Å²) in [6, 6.07) is 15.0. The Hall–Kier alpha value is -3.33. The average Bonchev–Trinajstić information content (AvgIpc) is 2.75. The second kappa shape index (κ2) is 10.3. The summed E-state index contributed by atoms with van der Waals surface area (Å²) < 4.78 is 14.4. The molecule has 3 N–H and O–H groups in total. The van der Waals surface area contributed by atoms with Gasteiger partial charge >= 0.3 is 5.69 Å². The van der Waals surface area contributed by atoms with Crippen molar-refractivity contribution >= 4 is 29.2 Å². The fourth-order valence-electron chi connectivity index (χ4n) is 3.20. The minimum atomic E-state index is -0.711. The van der Waals surface area contributed by atoms with E-state index in [1.807, 2.05) is 44.2 Å². The van der Waals surface area contributed by atoms with E-state index in [-0.39, 0.29) is 48.0 Å². The molecule has 32 heavy (non-hydrogen) atoms. The van der Waals surface area contributed by atoms with Crippen LogP contribution in [0, 0.1) is 11.7 Å². The fraction of sp³-hybridized carbons (Fsp3) is 0.261. The number of rotatable bonds is 8. The van der Waals surface area contributed by atoms with Gasteiger partial charge in [0.05, 0.1) is 12.3 Å². The van der Waals surface area contributed by atoms with Crippen molar-refractivity contribution in [3.8, 4) is 0 Å². The summed E-state index contributed by atoms with van der Waals surface area (Å²) in [5.74, 6) is -0.696. The first kappa shape index (κ1) is 23.3. The molecule has 168 valence electrons. The van der Waals surface area contributed by atoms with E-state index in [4.69, 9.17) is 5.73 Å². The SMILES string of the molecule is CC(C)CN(C(=O)CSc1ccc(F)cc1)c1c(N)n(Cc2ccccc2)c(=O)[nH]c1=O. The third kappa shape index (κ3) is 5.67. The molecule has 0 spiro atoms. The van der Waals surface area contributed by atoms with Gasteiger partial charge in [-0.2, -0.15) is 0 Å². The maximum atomic E-state index is 13.1. The van der Waals surface area contributed by atoms with Crippen molar-refractivity contribution in [3.63, 3.8) is 0 Å². The number of aromatic nitrogens is 2. The highest BCUT2D eigenvalue weighted by molar-refractivity contribution is 8.00. The molecule has 0 fully saturated rings. The zero-order valence-electron chi connectivity index (χ0n) is 17.9. The Morgan fingerprint density at radius 3 is 2.41 bits per heavy atom. The van der Waals surface area contributed by atoms with Crippen molar-refractivity contribution in [2.24, 2.45) is 5.92 Å². The van der Waals surface area contributed by atoms with E-state index in [9.17, 15) is 18.8 Å². The van der Waals surface area contributed by atoms with E-state index < -0.39 is 11.2 Å². The minimum Gasteiger partial charge on any atom is -0.383 e. The first-order valence-electron chi connectivity index (χ1n) is 10.1. The number of thioether (sulfide) groups is 1. The zero-order valence-corrected chi connectivity index (χ0v) is 18.7. The molecule has 1 aromatic heterocycles. The Morgan fingerprint density at radius 2 is 1.78 bits per heavy atom. The zero-order chi connectivity index (χ0) is 23.3. The molecule has 0 aliphatic heterocycles. The van der Waals surface area contributed by atoms with Crippen molar-refractivity contribution in [3.05, 3.63) is 86.8 Å². The lowest BCUT2D eigenvalue weighted by atomic mass is 10.2. The molecule has 0 radical (unpaired) electrons. The number of anilines is 2. The number of nitrogens with two attached hydrogens (primary N) is 1. The van der Waals surface area contributed by atoms with Gasteiger partial charge in [0.15, 0.2) is 5.69 Å². The Balaban J connectivity index is 1.94. The Labute approximate surface area is 189 Å². The number of halogens is 1. The van der Waals surface area contributed by atoms with Crippen LogP contribution in [0.25, 0.3) is 0 Å². The molecule has 0 bridgehead atoms. The van der Waals surface area contributed by atoms with Crippen LogP contribution in [-0.4, -0.2) is 27.8 Å². The highest BCUT2D eigenvalue weighted by atomic mass is 32.2. The molecule has 1 amide bonds. The number of amides is 1. The molecule has 0 atom stereocenters. The maximum absolute atomic E-state index is 13.1. The number of hydrogen-bond acceptors (Lipinski definition) is 5. The summed E-state index contributed by atoms with van der Waals surface area (Å²) in [4.78, 5) is 42.6. The van der Waals surface area contributed by atoms with Gasteiger partial charge < -0.3 is 10.6 Å². The first-order chi connectivity index (χ1) is 15.3. The molecule has 0 aliphatic carbocycles. The predicted molar refractivity (Wildman–Crippen MR) is 126 cm³/mol. The molecule has 3 rings (SSSR count). The van der Waals surface area contributed by atoms with Crippen LogP contribution in [0.15, 0.2) is 69.1 Å². The van der Waals surface area contributed by atoms with Crippen molar-refractivity contribution < 1.29 is 9.18 Å². The van der Waals surface area contributed by atoms with Crippen LogP contribution >= 0.6 is 11.8 Å². The van der Waals surface area contributed by atoms with Crippen LogP contribution in [0.5, 0.6) is 0 Å². The molecule has 0 saturated heterocycles. The standard InChI is InChI=1S/C23H25FN4O3S/c1-15(2)12-27(19(29)14-32-18-10-8-17(24)9-11-18)20-21(25)28(23(31)26-22(20)30)13-16-6-4-3-5-7-16/h3-11,15H,12-14,25H2,1-2H3,(H,26,30,31). The average molecular weight is 457 g/mol. The fourth-order valence-corrected chi connectivity index (χ4v) is 3.97. The van der Waals surface area contributed by atoms with E-state index in [0.717, 1.165) is 10.5 Å². The normalized spacial score (nSPS) is 11.0. The molecule has 0 saturated carbocycles. The minimum absolute atomic E-state index is 0.0229. The van der Waals surface area contributed by atoms with Gasteiger partial charge in [0.1, 0.15) is 11.6 Å². The first-order valence-corrected chi connectivity index (χ1v) is 11.1. The van der Waals surface area contributed by atoms with Gasteiger partial charge in [-0.3, -0.25) is 19.1 Å². The number of carbonyl (C=O) groups is 1. The summed E-state index contributed by atoms with van der Waals surface area (Å²) in [7, 11) is 0.